The molecule has 0 aliphatic carbocycles. The van der Waals surface area contributed by atoms with Gasteiger partial charge in [-0.05, 0) is 12.6 Å². The van der Waals surface area contributed by atoms with Crippen LogP contribution >= 0.6 is 0 Å². The van der Waals surface area contributed by atoms with Crippen molar-refractivity contribution in [2.75, 3.05) is 13.2 Å². The Hall–Kier alpha value is -2.15. The van der Waals surface area contributed by atoms with Crippen LogP contribution in [0.25, 0.3) is 0 Å². The molecule has 1 aromatic carbocycles. The highest BCUT2D eigenvalue weighted by atomic mass is 16.6. The van der Waals surface area contributed by atoms with Gasteiger partial charge in [0.25, 0.3) is 5.69 Å². The Morgan fingerprint density at radius 1 is 1.53 bits per heavy atom. The van der Waals surface area contributed by atoms with Crippen LogP contribution in [0.15, 0.2) is 18.2 Å². The van der Waals surface area contributed by atoms with Gasteiger partial charge in [-0.3, -0.25) is 14.9 Å². The van der Waals surface area contributed by atoms with Gasteiger partial charge < -0.3 is 15.8 Å². The number of rotatable bonds is 8. The van der Waals surface area contributed by atoms with Gasteiger partial charge in [0.1, 0.15) is 5.75 Å². The van der Waals surface area contributed by atoms with Gasteiger partial charge in [-0.1, -0.05) is 6.92 Å². The Bertz CT molecular complexity index is 462. The lowest BCUT2D eigenvalue weighted by molar-refractivity contribution is -0.384. The maximum atomic E-state index is 10.7. The summed E-state index contributed by atoms with van der Waals surface area (Å²) in [6.07, 6.45) is 0.109. The van der Waals surface area contributed by atoms with E-state index in [9.17, 15) is 14.9 Å². The molecule has 19 heavy (non-hydrogen) atoms. The summed E-state index contributed by atoms with van der Waals surface area (Å²) in [5, 5.41) is 13.8. The molecule has 3 N–H and O–H groups in total. The zero-order valence-corrected chi connectivity index (χ0v) is 10.7. The number of nitro benzene ring substituents is 1. The van der Waals surface area contributed by atoms with E-state index in [1.165, 1.54) is 18.2 Å². The Kier molecular flexibility index (Phi) is 5.74. The van der Waals surface area contributed by atoms with E-state index in [0.717, 1.165) is 6.54 Å². The first-order valence-corrected chi connectivity index (χ1v) is 5.93. The zero-order valence-electron chi connectivity index (χ0n) is 10.7. The Morgan fingerprint density at radius 3 is 2.84 bits per heavy atom. The second-order valence-corrected chi connectivity index (χ2v) is 3.89. The first kappa shape index (κ1) is 14.9. The number of nitrogens with zero attached hydrogens (tertiary/aromatic N) is 1. The van der Waals surface area contributed by atoms with E-state index in [2.05, 4.69) is 5.32 Å². The smallest absolute Gasteiger partial charge is 0.270 e. The number of hydrogen-bond acceptors (Lipinski definition) is 5. The van der Waals surface area contributed by atoms with Crippen LogP contribution in [0.5, 0.6) is 5.75 Å². The number of nitrogens with one attached hydrogen (secondary N) is 1. The van der Waals surface area contributed by atoms with Crippen LogP contribution < -0.4 is 15.8 Å². The second kappa shape index (κ2) is 7.32. The maximum absolute atomic E-state index is 10.7. The number of benzene rings is 1. The van der Waals surface area contributed by atoms with Gasteiger partial charge in [0, 0.05) is 24.2 Å². The predicted molar refractivity (Wildman–Crippen MR) is 69.8 cm³/mol. The molecule has 104 valence electrons. The fourth-order valence-electron chi connectivity index (χ4n) is 1.48. The first-order chi connectivity index (χ1) is 9.04. The van der Waals surface area contributed by atoms with Crippen molar-refractivity contribution < 1.29 is 14.5 Å². The molecule has 7 nitrogen and oxygen atoms in total. The summed E-state index contributed by atoms with van der Waals surface area (Å²) >= 11 is 0. The Morgan fingerprint density at radius 2 is 2.26 bits per heavy atom. The number of hydrogen-bond donors (Lipinski definition) is 2. The molecule has 1 aromatic rings. The molecule has 7 heteroatoms. The van der Waals surface area contributed by atoms with Gasteiger partial charge in [-0.2, -0.15) is 0 Å². The van der Waals surface area contributed by atoms with Crippen molar-refractivity contribution in [2.45, 2.75) is 19.9 Å². The Balaban J connectivity index is 2.82. The van der Waals surface area contributed by atoms with Crippen molar-refractivity contribution >= 4 is 11.6 Å². The van der Waals surface area contributed by atoms with Crippen LogP contribution in [0, 0.1) is 10.1 Å². The lowest BCUT2D eigenvalue weighted by Crippen LogP contribution is -2.16. The standard InChI is InChI=1S/C12H17N3O4/c1-2-14-8-9-7-10(15(17)18)3-4-11(9)19-6-5-12(13)16/h3-4,7,14H,2,5-6,8H2,1H3,(H2,13,16). The SMILES string of the molecule is CCNCc1cc([N+](=O)[O-])ccc1OCCC(N)=O. The van der Waals surface area contributed by atoms with Crippen molar-refractivity contribution in [3.63, 3.8) is 0 Å². The fourth-order valence-corrected chi connectivity index (χ4v) is 1.48. The number of non-ortho nitro benzene ring substituents is 1. The molecule has 0 spiro atoms. The highest BCUT2D eigenvalue weighted by Crippen LogP contribution is 2.24. The number of amides is 1. The Labute approximate surface area is 110 Å². The van der Waals surface area contributed by atoms with Crippen LogP contribution in [0.3, 0.4) is 0 Å². The summed E-state index contributed by atoms with van der Waals surface area (Å²) in [7, 11) is 0. The van der Waals surface area contributed by atoms with Crippen molar-refractivity contribution in [2.24, 2.45) is 5.73 Å². The van der Waals surface area contributed by atoms with Gasteiger partial charge in [0.2, 0.25) is 5.91 Å². The quantitative estimate of drug-likeness (QED) is 0.538. The van der Waals surface area contributed by atoms with Crippen molar-refractivity contribution in [1.29, 1.82) is 0 Å². The molecule has 0 fully saturated rings. The molecule has 0 atom stereocenters. The summed E-state index contributed by atoms with van der Waals surface area (Å²) in [6, 6.07) is 4.36. The molecule has 1 rings (SSSR count). The van der Waals surface area contributed by atoms with Crippen LogP contribution in [0.4, 0.5) is 5.69 Å². The molecular weight excluding hydrogens is 250 g/mol. The van der Waals surface area contributed by atoms with Crippen LogP contribution in [0.2, 0.25) is 0 Å². The number of nitrogens with two attached hydrogens (primary N) is 1. The minimum absolute atomic E-state index is 0.00940. The third-order valence-corrected chi connectivity index (χ3v) is 2.43. The molecule has 0 bridgehead atoms. The van der Waals surface area contributed by atoms with Crippen LogP contribution in [0.1, 0.15) is 18.9 Å². The molecule has 0 saturated carbocycles. The number of ether oxygens (including phenoxy) is 1. The monoisotopic (exact) mass is 267 g/mol. The molecule has 0 aliphatic heterocycles. The van der Waals surface area contributed by atoms with E-state index in [1.54, 1.807) is 0 Å². The van der Waals surface area contributed by atoms with Crippen molar-refractivity contribution in [1.82, 2.24) is 5.32 Å². The summed E-state index contributed by atoms with van der Waals surface area (Å²) in [5.41, 5.74) is 5.71. The van der Waals surface area contributed by atoms with Gasteiger partial charge in [-0.15, -0.1) is 0 Å². The van der Waals surface area contributed by atoms with E-state index in [-0.39, 0.29) is 18.7 Å². The van der Waals surface area contributed by atoms with E-state index in [4.69, 9.17) is 10.5 Å². The summed E-state index contributed by atoms with van der Waals surface area (Å²) < 4.78 is 5.42. The highest BCUT2D eigenvalue weighted by molar-refractivity contribution is 5.73. The summed E-state index contributed by atoms with van der Waals surface area (Å²) in [6.45, 7) is 3.30. The van der Waals surface area contributed by atoms with Gasteiger partial charge in [-0.25, -0.2) is 0 Å². The number of carbonyl (C=O) groups excluding carboxylic acids is 1. The zero-order chi connectivity index (χ0) is 14.3. The van der Waals surface area contributed by atoms with E-state index in [0.29, 0.717) is 17.9 Å². The average molecular weight is 267 g/mol. The summed E-state index contributed by atoms with van der Waals surface area (Å²) in [4.78, 5) is 20.9. The molecule has 0 aromatic heterocycles. The number of carbonyl (C=O) groups is 1. The van der Waals surface area contributed by atoms with Crippen LogP contribution in [-0.2, 0) is 11.3 Å². The van der Waals surface area contributed by atoms with Crippen molar-refractivity contribution in [3.8, 4) is 5.75 Å². The highest BCUT2D eigenvalue weighted by Gasteiger charge is 2.11. The lowest BCUT2D eigenvalue weighted by atomic mass is 10.1. The maximum Gasteiger partial charge on any atom is 0.270 e. The van der Waals surface area contributed by atoms with Crippen molar-refractivity contribution in [3.05, 3.63) is 33.9 Å². The molecule has 0 radical (unpaired) electrons. The number of nitro groups is 1. The van der Waals surface area contributed by atoms with Crippen LogP contribution in [-0.4, -0.2) is 24.0 Å². The summed E-state index contributed by atoms with van der Waals surface area (Å²) in [5.74, 6) is 0.0722. The minimum atomic E-state index is -0.456. The average Bonchev–Trinajstić information content (AvgIpc) is 2.36. The molecule has 0 unspecified atom stereocenters. The molecular formula is C12H17N3O4. The topological polar surface area (TPSA) is 107 Å². The molecule has 0 heterocycles. The number of primary amides is 1. The molecule has 0 aliphatic rings. The minimum Gasteiger partial charge on any atom is -0.493 e. The lowest BCUT2D eigenvalue weighted by Gasteiger charge is -2.11. The fraction of sp³-hybridized carbons (Fsp3) is 0.417. The van der Waals surface area contributed by atoms with Gasteiger partial charge >= 0.3 is 0 Å². The van der Waals surface area contributed by atoms with E-state index in [1.807, 2.05) is 6.92 Å². The normalized spacial score (nSPS) is 10.2. The van der Waals surface area contributed by atoms with Gasteiger partial charge in [0.15, 0.2) is 0 Å². The largest absolute Gasteiger partial charge is 0.493 e. The second-order valence-electron chi connectivity index (χ2n) is 3.89. The van der Waals surface area contributed by atoms with E-state index >= 15 is 0 Å². The predicted octanol–water partition coefficient (Wildman–Crippen LogP) is 0.958. The third-order valence-electron chi connectivity index (χ3n) is 2.43. The van der Waals surface area contributed by atoms with Gasteiger partial charge in [0.05, 0.1) is 18.0 Å². The molecule has 0 saturated heterocycles. The first-order valence-electron chi connectivity index (χ1n) is 5.93. The van der Waals surface area contributed by atoms with E-state index < -0.39 is 10.8 Å². The third kappa shape index (κ3) is 4.92. The molecule has 1 amide bonds.